The van der Waals surface area contributed by atoms with Crippen LogP contribution in [0.3, 0.4) is 0 Å². The minimum Gasteiger partial charge on any atom is -0.478 e. The molecule has 0 unspecified atom stereocenters. The number of pyridine rings is 1. The molecule has 4 nitrogen and oxygen atoms in total. The molecule has 0 spiro atoms. The molecule has 1 atom stereocenters. The Morgan fingerprint density at radius 2 is 2.04 bits per heavy atom. The van der Waals surface area contributed by atoms with Crippen LogP contribution < -0.4 is 4.74 Å². The zero-order valence-corrected chi connectivity index (χ0v) is 13.4. The lowest BCUT2D eigenvalue weighted by Gasteiger charge is -2.36. The van der Waals surface area contributed by atoms with Crippen molar-refractivity contribution in [2.45, 2.75) is 32.2 Å². The van der Waals surface area contributed by atoms with E-state index in [-0.39, 0.29) is 11.9 Å². The van der Waals surface area contributed by atoms with Crippen LogP contribution in [0.5, 0.6) is 5.88 Å². The first-order chi connectivity index (χ1) is 11.3. The van der Waals surface area contributed by atoms with Gasteiger partial charge in [-0.2, -0.15) is 0 Å². The van der Waals surface area contributed by atoms with Crippen molar-refractivity contribution in [1.82, 2.24) is 9.88 Å². The summed E-state index contributed by atoms with van der Waals surface area (Å²) in [6.45, 7) is 3.30. The highest BCUT2D eigenvalue weighted by Crippen LogP contribution is 2.35. The number of piperidine rings is 1. The number of hydrogen-bond donors (Lipinski definition) is 0. The molecule has 1 aliphatic rings. The van der Waals surface area contributed by atoms with Crippen LogP contribution in [0.1, 0.15) is 48.1 Å². The van der Waals surface area contributed by atoms with Crippen molar-refractivity contribution in [3.63, 3.8) is 0 Å². The van der Waals surface area contributed by atoms with Crippen LogP contribution in [0.25, 0.3) is 0 Å². The number of aromatic nitrogens is 1. The summed E-state index contributed by atoms with van der Waals surface area (Å²) in [5.41, 5.74) is 1.75. The van der Waals surface area contributed by atoms with E-state index in [9.17, 15) is 4.79 Å². The van der Waals surface area contributed by atoms with E-state index in [1.165, 1.54) is 0 Å². The molecular formula is C19H22N2O2. The Morgan fingerprint density at radius 1 is 1.22 bits per heavy atom. The largest absolute Gasteiger partial charge is 0.478 e. The lowest BCUT2D eigenvalue weighted by Crippen LogP contribution is -2.38. The minimum atomic E-state index is 0.0340. The van der Waals surface area contributed by atoms with E-state index < -0.39 is 0 Å². The third kappa shape index (κ3) is 3.36. The van der Waals surface area contributed by atoms with Crippen LogP contribution in [-0.2, 0) is 0 Å². The van der Waals surface area contributed by atoms with E-state index in [4.69, 9.17) is 4.74 Å². The maximum Gasteiger partial charge on any atom is 0.254 e. The van der Waals surface area contributed by atoms with E-state index in [1.807, 2.05) is 54.3 Å². The Hall–Kier alpha value is -2.36. The molecule has 23 heavy (non-hydrogen) atoms. The van der Waals surface area contributed by atoms with Gasteiger partial charge in [0.2, 0.25) is 5.88 Å². The van der Waals surface area contributed by atoms with Crippen LogP contribution in [0, 0.1) is 0 Å². The van der Waals surface area contributed by atoms with E-state index in [2.05, 4.69) is 4.98 Å². The van der Waals surface area contributed by atoms with Gasteiger partial charge in [0.1, 0.15) is 0 Å². The molecule has 0 radical (unpaired) electrons. The van der Waals surface area contributed by atoms with Crippen molar-refractivity contribution in [3.05, 3.63) is 59.8 Å². The molecule has 0 aliphatic carbocycles. The average molecular weight is 310 g/mol. The maximum absolute atomic E-state index is 12.9. The SMILES string of the molecule is CCOc1ncccc1[C@H]1CCCCN1C(=O)c1ccccc1. The summed E-state index contributed by atoms with van der Waals surface area (Å²) < 4.78 is 5.67. The molecule has 0 saturated carbocycles. The molecule has 1 saturated heterocycles. The standard InChI is InChI=1S/C19H22N2O2/c1-2-23-18-16(11-8-13-20-18)17-12-6-7-14-21(17)19(22)15-9-4-3-5-10-15/h3-5,8-11,13,17H,2,6-7,12,14H2,1H3/t17-/m1/s1. The summed E-state index contributed by atoms with van der Waals surface area (Å²) in [5.74, 6) is 0.731. The van der Waals surface area contributed by atoms with Crippen molar-refractivity contribution in [1.29, 1.82) is 0 Å². The van der Waals surface area contributed by atoms with Gasteiger partial charge in [-0.15, -0.1) is 0 Å². The first-order valence-corrected chi connectivity index (χ1v) is 8.25. The Bertz CT molecular complexity index is 657. The van der Waals surface area contributed by atoms with E-state index in [0.717, 1.165) is 36.9 Å². The van der Waals surface area contributed by atoms with Crippen LogP contribution in [-0.4, -0.2) is 28.9 Å². The van der Waals surface area contributed by atoms with E-state index >= 15 is 0 Å². The highest BCUT2D eigenvalue weighted by atomic mass is 16.5. The third-order valence-electron chi connectivity index (χ3n) is 4.23. The molecule has 1 amide bonds. The number of carbonyl (C=O) groups is 1. The number of carbonyl (C=O) groups excluding carboxylic acids is 1. The summed E-state index contributed by atoms with van der Waals surface area (Å²) in [5, 5.41) is 0. The van der Waals surface area contributed by atoms with Crippen molar-refractivity contribution >= 4 is 5.91 Å². The quantitative estimate of drug-likeness (QED) is 0.861. The zero-order chi connectivity index (χ0) is 16.1. The summed E-state index contributed by atoms with van der Waals surface area (Å²) in [7, 11) is 0. The number of amides is 1. The number of rotatable bonds is 4. The Kier molecular flexibility index (Phi) is 4.91. The second-order valence-electron chi connectivity index (χ2n) is 5.71. The molecule has 1 aromatic carbocycles. The van der Waals surface area contributed by atoms with Crippen molar-refractivity contribution < 1.29 is 9.53 Å². The first-order valence-electron chi connectivity index (χ1n) is 8.25. The molecule has 3 rings (SSSR count). The fourth-order valence-electron chi connectivity index (χ4n) is 3.16. The van der Waals surface area contributed by atoms with E-state index in [0.29, 0.717) is 12.5 Å². The molecular weight excluding hydrogens is 288 g/mol. The summed E-state index contributed by atoms with van der Waals surface area (Å²) >= 11 is 0. The van der Waals surface area contributed by atoms with Gasteiger partial charge in [0.25, 0.3) is 5.91 Å². The fraction of sp³-hybridized carbons (Fsp3) is 0.368. The maximum atomic E-state index is 12.9. The summed E-state index contributed by atoms with van der Waals surface area (Å²) in [4.78, 5) is 19.2. The van der Waals surface area contributed by atoms with Crippen LogP contribution in [0.4, 0.5) is 0 Å². The van der Waals surface area contributed by atoms with Crippen molar-refractivity contribution in [2.24, 2.45) is 0 Å². The average Bonchev–Trinajstić information content (AvgIpc) is 2.63. The lowest BCUT2D eigenvalue weighted by atomic mass is 9.95. The molecule has 4 heteroatoms. The normalized spacial score (nSPS) is 17.8. The van der Waals surface area contributed by atoms with Gasteiger partial charge in [-0.05, 0) is 44.4 Å². The second kappa shape index (κ2) is 7.27. The van der Waals surface area contributed by atoms with Crippen LogP contribution in [0.2, 0.25) is 0 Å². The minimum absolute atomic E-state index is 0.0340. The van der Waals surface area contributed by atoms with Gasteiger partial charge in [-0.25, -0.2) is 4.98 Å². The third-order valence-corrected chi connectivity index (χ3v) is 4.23. The number of nitrogens with zero attached hydrogens (tertiary/aromatic N) is 2. The van der Waals surface area contributed by atoms with E-state index in [1.54, 1.807) is 6.20 Å². The number of benzene rings is 1. The number of hydrogen-bond acceptors (Lipinski definition) is 3. The molecule has 1 aromatic heterocycles. The fourth-order valence-corrected chi connectivity index (χ4v) is 3.16. The van der Waals surface area contributed by atoms with Gasteiger partial charge in [-0.1, -0.05) is 24.3 Å². The Balaban J connectivity index is 1.92. The predicted octanol–water partition coefficient (Wildman–Crippen LogP) is 3.85. The number of likely N-dealkylation sites (tertiary alicyclic amines) is 1. The topological polar surface area (TPSA) is 42.4 Å². The molecule has 0 N–H and O–H groups in total. The van der Waals surface area contributed by atoms with Crippen molar-refractivity contribution in [3.8, 4) is 5.88 Å². The Labute approximate surface area is 137 Å². The van der Waals surface area contributed by atoms with Crippen LogP contribution >= 0.6 is 0 Å². The molecule has 1 fully saturated rings. The second-order valence-corrected chi connectivity index (χ2v) is 5.71. The van der Waals surface area contributed by atoms with Crippen LogP contribution in [0.15, 0.2) is 48.7 Å². The molecule has 120 valence electrons. The van der Waals surface area contributed by atoms with Crippen molar-refractivity contribution in [2.75, 3.05) is 13.2 Å². The molecule has 2 heterocycles. The number of ether oxygens (including phenoxy) is 1. The highest BCUT2D eigenvalue weighted by Gasteiger charge is 2.30. The first kappa shape index (κ1) is 15.5. The lowest BCUT2D eigenvalue weighted by molar-refractivity contribution is 0.0607. The van der Waals surface area contributed by atoms with Gasteiger partial charge in [0.05, 0.1) is 12.6 Å². The zero-order valence-electron chi connectivity index (χ0n) is 13.4. The van der Waals surface area contributed by atoms with Gasteiger partial charge in [0, 0.05) is 23.9 Å². The Morgan fingerprint density at radius 3 is 2.83 bits per heavy atom. The van der Waals surface area contributed by atoms with Gasteiger partial charge >= 0.3 is 0 Å². The summed E-state index contributed by atoms with van der Waals surface area (Å²) in [6.07, 6.45) is 4.84. The van der Waals surface area contributed by atoms with Gasteiger partial charge < -0.3 is 9.64 Å². The van der Waals surface area contributed by atoms with Gasteiger partial charge in [0.15, 0.2) is 0 Å². The molecule has 1 aliphatic heterocycles. The highest BCUT2D eigenvalue weighted by molar-refractivity contribution is 5.94. The van der Waals surface area contributed by atoms with Gasteiger partial charge in [-0.3, -0.25) is 4.79 Å². The molecule has 0 bridgehead atoms. The monoisotopic (exact) mass is 310 g/mol. The smallest absolute Gasteiger partial charge is 0.254 e. The predicted molar refractivity (Wildman–Crippen MR) is 89.5 cm³/mol. The molecule has 2 aromatic rings. The summed E-state index contributed by atoms with van der Waals surface area (Å²) in [6, 6.07) is 13.5.